The molecule has 478 valence electrons. The molecule has 0 aromatic rings. The maximum absolute atomic E-state index is 13.3. The molecule has 1 rings (SSSR count). The summed E-state index contributed by atoms with van der Waals surface area (Å²) >= 11 is 0. The number of nitrogens with one attached hydrogen (secondary N) is 1. The van der Waals surface area contributed by atoms with Gasteiger partial charge in [-0.1, -0.05) is 354 Å². The van der Waals surface area contributed by atoms with Crippen molar-refractivity contribution in [3.8, 4) is 0 Å². The van der Waals surface area contributed by atoms with Crippen LogP contribution in [0.3, 0.4) is 0 Å². The summed E-state index contributed by atoms with van der Waals surface area (Å²) in [4.78, 5) is 13.3. The molecule has 1 aliphatic heterocycles. The fourth-order valence-electron chi connectivity index (χ4n) is 12.0. The molecule has 0 aromatic carbocycles. The molecule has 9 unspecified atom stereocenters. The van der Waals surface area contributed by atoms with Crippen LogP contribution in [0.4, 0.5) is 0 Å². The van der Waals surface area contributed by atoms with Crippen molar-refractivity contribution in [1.29, 1.82) is 0 Å². The Bertz CT molecular complexity index is 1260. The van der Waals surface area contributed by atoms with Crippen molar-refractivity contribution < 1.29 is 50.0 Å². The highest BCUT2D eigenvalue weighted by Gasteiger charge is 2.44. The summed E-state index contributed by atoms with van der Waals surface area (Å²) in [6.07, 6.45) is 59.0. The standard InChI is InChI=1S/C69H137NO10/c1-3-5-7-9-11-13-15-17-19-21-23-25-27-29-30-31-33-34-36-38-40-42-44-46-48-50-52-54-56-61(72)64(74)60(59-79-69-67(77)66(76)65(75)63(58-71)80-69)70-68(78)62(73)57-55-53-51-49-47-45-43-41-39-37-35-32-28-26-24-22-20-18-16-14-12-10-8-6-4-2/h60-67,69,71-77H,3-59H2,1-2H3,(H,70,78). The lowest BCUT2D eigenvalue weighted by Gasteiger charge is -2.40. The second-order valence-corrected chi connectivity index (χ2v) is 25.3. The predicted octanol–water partition coefficient (Wildman–Crippen LogP) is 16.9. The monoisotopic (exact) mass is 1140 g/mol. The zero-order valence-electron chi connectivity index (χ0n) is 52.9. The smallest absolute Gasteiger partial charge is 0.249 e. The highest BCUT2D eigenvalue weighted by atomic mass is 16.7. The molecule has 9 atom stereocenters. The number of hydrogen-bond donors (Lipinski definition) is 8. The van der Waals surface area contributed by atoms with Crippen LogP contribution < -0.4 is 5.32 Å². The van der Waals surface area contributed by atoms with Crippen LogP contribution in [0.5, 0.6) is 0 Å². The van der Waals surface area contributed by atoms with Crippen LogP contribution in [0, 0.1) is 0 Å². The van der Waals surface area contributed by atoms with E-state index in [0.717, 1.165) is 38.5 Å². The summed E-state index contributed by atoms with van der Waals surface area (Å²) < 4.78 is 11.2. The van der Waals surface area contributed by atoms with Crippen molar-refractivity contribution in [2.45, 2.75) is 422 Å². The summed E-state index contributed by atoms with van der Waals surface area (Å²) in [5.74, 6) is -0.687. The Hall–Kier alpha value is -0.890. The molecule has 1 heterocycles. The van der Waals surface area contributed by atoms with Gasteiger partial charge in [-0.3, -0.25) is 4.79 Å². The lowest BCUT2D eigenvalue weighted by molar-refractivity contribution is -0.303. The molecule has 0 spiro atoms. The van der Waals surface area contributed by atoms with Crippen molar-refractivity contribution in [2.24, 2.45) is 0 Å². The van der Waals surface area contributed by atoms with E-state index in [0.29, 0.717) is 19.3 Å². The molecule has 1 saturated heterocycles. The number of hydrogen-bond acceptors (Lipinski definition) is 10. The molecule has 11 nitrogen and oxygen atoms in total. The summed E-state index contributed by atoms with van der Waals surface area (Å²) in [6.45, 7) is 3.53. The second kappa shape index (κ2) is 58.5. The van der Waals surface area contributed by atoms with Crippen LogP contribution in [-0.4, -0.2) is 110 Å². The van der Waals surface area contributed by atoms with Gasteiger partial charge < -0.3 is 50.5 Å². The van der Waals surface area contributed by atoms with Gasteiger partial charge in [0.1, 0.15) is 36.6 Å². The first-order chi connectivity index (χ1) is 39.2. The SMILES string of the molecule is CCCCCCCCCCCCCCCCCCCCCCCCCCCCCCC(O)C(O)C(COC1OC(CO)C(O)C(O)C1O)NC(=O)C(O)CCCCCCCCCCCCCCCCCCCCCCCCCCC. The number of unbranched alkanes of at least 4 members (excludes halogenated alkanes) is 51. The Morgan fingerprint density at radius 3 is 0.925 bits per heavy atom. The van der Waals surface area contributed by atoms with Gasteiger partial charge in [0.2, 0.25) is 5.91 Å². The summed E-state index contributed by atoms with van der Waals surface area (Å²) in [5, 5.41) is 76.6. The molecule has 1 aliphatic rings. The third kappa shape index (κ3) is 45.5. The molecular formula is C69H137NO10. The molecule has 0 radical (unpaired) electrons. The van der Waals surface area contributed by atoms with Crippen LogP contribution in [0.1, 0.15) is 367 Å². The largest absolute Gasteiger partial charge is 0.394 e. The first kappa shape index (κ1) is 77.1. The van der Waals surface area contributed by atoms with E-state index >= 15 is 0 Å². The van der Waals surface area contributed by atoms with Crippen LogP contribution in [-0.2, 0) is 14.3 Å². The number of aliphatic hydroxyl groups is 7. The maximum Gasteiger partial charge on any atom is 0.249 e. The van der Waals surface area contributed by atoms with Crippen molar-refractivity contribution in [3.63, 3.8) is 0 Å². The van der Waals surface area contributed by atoms with E-state index in [-0.39, 0.29) is 6.42 Å². The van der Waals surface area contributed by atoms with Gasteiger partial charge in [0.25, 0.3) is 0 Å². The lowest BCUT2D eigenvalue weighted by Crippen LogP contribution is -2.60. The van der Waals surface area contributed by atoms with Gasteiger partial charge in [-0.2, -0.15) is 0 Å². The average Bonchev–Trinajstić information content (AvgIpc) is 3.47. The fourth-order valence-corrected chi connectivity index (χ4v) is 12.0. The Morgan fingerprint density at radius 2 is 0.650 bits per heavy atom. The number of aliphatic hydroxyl groups excluding tert-OH is 7. The maximum atomic E-state index is 13.3. The van der Waals surface area contributed by atoms with E-state index in [2.05, 4.69) is 19.2 Å². The van der Waals surface area contributed by atoms with Crippen LogP contribution in [0.15, 0.2) is 0 Å². The van der Waals surface area contributed by atoms with Crippen molar-refractivity contribution in [1.82, 2.24) is 5.32 Å². The summed E-state index contributed by atoms with van der Waals surface area (Å²) in [5.41, 5.74) is 0. The number of carbonyl (C=O) groups is 1. The average molecular weight is 1140 g/mol. The van der Waals surface area contributed by atoms with E-state index in [4.69, 9.17) is 9.47 Å². The van der Waals surface area contributed by atoms with E-state index < -0.39 is 74.2 Å². The van der Waals surface area contributed by atoms with E-state index in [1.165, 1.54) is 289 Å². The summed E-state index contributed by atoms with van der Waals surface area (Å²) in [6, 6.07) is -1.16. The molecule has 80 heavy (non-hydrogen) atoms. The molecule has 0 saturated carbocycles. The van der Waals surface area contributed by atoms with Gasteiger partial charge in [-0.05, 0) is 12.8 Å². The van der Waals surface area contributed by atoms with E-state index in [1.807, 2.05) is 0 Å². The second-order valence-electron chi connectivity index (χ2n) is 25.3. The minimum Gasteiger partial charge on any atom is -0.394 e. The van der Waals surface area contributed by atoms with Gasteiger partial charge in [0, 0.05) is 0 Å². The molecule has 1 fully saturated rings. The Balaban J connectivity index is 2.19. The zero-order chi connectivity index (χ0) is 58.2. The van der Waals surface area contributed by atoms with E-state index in [1.54, 1.807) is 0 Å². The topological polar surface area (TPSA) is 189 Å². The fraction of sp³-hybridized carbons (Fsp3) is 0.986. The highest BCUT2D eigenvalue weighted by Crippen LogP contribution is 2.24. The molecule has 8 N–H and O–H groups in total. The number of ether oxygens (including phenoxy) is 2. The predicted molar refractivity (Wildman–Crippen MR) is 335 cm³/mol. The first-order valence-electron chi connectivity index (χ1n) is 35.4. The van der Waals surface area contributed by atoms with Gasteiger partial charge in [-0.25, -0.2) is 0 Å². The minimum atomic E-state index is -1.66. The Kier molecular flexibility index (Phi) is 56.4. The summed E-state index contributed by atoms with van der Waals surface area (Å²) in [7, 11) is 0. The molecule has 0 bridgehead atoms. The third-order valence-electron chi connectivity index (χ3n) is 17.7. The molecule has 0 aliphatic carbocycles. The van der Waals surface area contributed by atoms with Gasteiger partial charge in [-0.15, -0.1) is 0 Å². The minimum absolute atomic E-state index is 0.268. The Labute approximate surface area is 494 Å². The number of amides is 1. The molecule has 11 heteroatoms. The zero-order valence-corrected chi connectivity index (χ0v) is 52.9. The normalized spacial score (nSPS) is 19.1. The highest BCUT2D eigenvalue weighted by molar-refractivity contribution is 5.80. The first-order valence-corrected chi connectivity index (χ1v) is 35.4. The number of carbonyl (C=O) groups excluding carboxylic acids is 1. The Morgan fingerprint density at radius 1 is 0.388 bits per heavy atom. The van der Waals surface area contributed by atoms with Gasteiger partial charge in [0.05, 0.1) is 25.4 Å². The van der Waals surface area contributed by atoms with Crippen LogP contribution >= 0.6 is 0 Å². The van der Waals surface area contributed by atoms with Gasteiger partial charge in [0.15, 0.2) is 6.29 Å². The van der Waals surface area contributed by atoms with Crippen LogP contribution in [0.25, 0.3) is 0 Å². The van der Waals surface area contributed by atoms with Gasteiger partial charge >= 0.3 is 0 Å². The van der Waals surface area contributed by atoms with Crippen molar-refractivity contribution in [2.75, 3.05) is 13.2 Å². The number of rotatable bonds is 63. The lowest BCUT2D eigenvalue weighted by atomic mass is 9.98. The molecule has 1 amide bonds. The molecule has 0 aromatic heterocycles. The molecular weight excluding hydrogens is 1000 g/mol. The van der Waals surface area contributed by atoms with Crippen LogP contribution in [0.2, 0.25) is 0 Å². The third-order valence-corrected chi connectivity index (χ3v) is 17.7. The van der Waals surface area contributed by atoms with Crippen molar-refractivity contribution >= 4 is 5.91 Å². The van der Waals surface area contributed by atoms with Crippen molar-refractivity contribution in [3.05, 3.63) is 0 Å². The quantitative estimate of drug-likeness (QED) is 0.0272. The van der Waals surface area contributed by atoms with E-state index in [9.17, 15) is 40.5 Å².